The van der Waals surface area contributed by atoms with E-state index in [1.807, 2.05) is 51.1 Å². The van der Waals surface area contributed by atoms with Gasteiger partial charge in [0.2, 0.25) is 0 Å². The molecule has 2 aliphatic rings. The number of hydrogen-bond acceptors (Lipinski definition) is 6. The molecule has 4 rings (SSSR count). The average Bonchev–Trinajstić information content (AvgIpc) is 2.91. The molecule has 0 bridgehead atoms. The first-order valence-corrected chi connectivity index (χ1v) is 13.6. The third-order valence-corrected chi connectivity index (χ3v) is 8.00. The fourth-order valence-electron chi connectivity index (χ4n) is 5.23. The van der Waals surface area contributed by atoms with E-state index in [1.165, 1.54) is 12.7 Å². The fourth-order valence-corrected chi connectivity index (χ4v) is 5.43. The van der Waals surface area contributed by atoms with Crippen LogP contribution in [0.3, 0.4) is 0 Å². The molecular formula is C30H38ClNO5. The lowest BCUT2D eigenvalue weighted by molar-refractivity contribution is -0.162. The van der Waals surface area contributed by atoms with Gasteiger partial charge in [-0.05, 0) is 92.3 Å². The smallest absolute Gasteiger partial charge is 0.338 e. The summed E-state index contributed by atoms with van der Waals surface area (Å²) in [7, 11) is 1.46. The Labute approximate surface area is 225 Å². The number of aryl methyl sites for hydroxylation is 1. The third kappa shape index (κ3) is 6.23. The van der Waals surface area contributed by atoms with Crippen molar-refractivity contribution in [1.29, 1.82) is 0 Å². The summed E-state index contributed by atoms with van der Waals surface area (Å²) < 4.78 is 17.0. The first-order valence-electron chi connectivity index (χ1n) is 13.3. The number of rotatable bonds is 6. The third-order valence-electron chi connectivity index (χ3n) is 7.76. The number of benzene rings is 2. The van der Waals surface area contributed by atoms with Crippen LogP contribution >= 0.6 is 11.6 Å². The standard InChI is InChI=1S/C30H38ClNO5/c1-20(2)18-37-28(33)22-9-11-27-26(16-22)32(17-24-12-13-30(24,3)29(34)35-4)14-6-5-7-21-15-25(31)10-8-23(21)19-36-27/h8-11,15-16,20,24H,5-7,12-14,17-19H2,1-4H3/t24-,30+/m0/s1. The fraction of sp³-hybridized carbons (Fsp3) is 0.533. The molecule has 1 fully saturated rings. The maximum atomic E-state index is 12.8. The molecule has 1 heterocycles. The van der Waals surface area contributed by atoms with Crippen molar-refractivity contribution in [1.82, 2.24) is 0 Å². The Hall–Kier alpha value is -2.73. The molecule has 0 N–H and O–H groups in total. The molecule has 2 aromatic carbocycles. The molecule has 1 aliphatic heterocycles. The quantitative estimate of drug-likeness (QED) is 0.401. The van der Waals surface area contributed by atoms with Gasteiger partial charge in [0.1, 0.15) is 12.4 Å². The van der Waals surface area contributed by atoms with Crippen LogP contribution in [0.2, 0.25) is 5.02 Å². The number of anilines is 1. The van der Waals surface area contributed by atoms with Gasteiger partial charge >= 0.3 is 11.9 Å². The van der Waals surface area contributed by atoms with Crippen LogP contribution < -0.4 is 9.64 Å². The minimum absolute atomic E-state index is 0.156. The van der Waals surface area contributed by atoms with Gasteiger partial charge in [0.15, 0.2) is 0 Å². The predicted octanol–water partition coefficient (Wildman–Crippen LogP) is 6.46. The predicted molar refractivity (Wildman–Crippen MR) is 145 cm³/mol. The van der Waals surface area contributed by atoms with E-state index in [-0.39, 0.29) is 23.8 Å². The summed E-state index contributed by atoms with van der Waals surface area (Å²) in [5, 5.41) is 0.729. The summed E-state index contributed by atoms with van der Waals surface area (Å²) in [6.45, 7) is 8.27. The van der Waals surface area contributed by atoms with Crippen LogP contribution in [0, 0.1) is 17.3 Å². The van der Waals surface area contributed by atoms with Gasteiger partial charge < -0.3 is 19.1 Å². The molecule has 200 valence electrons. The maximum Gasteiger partial charge on any atom is 0.338 e. The minimum Gasteiger partial charge on any atom is -0.487 e. The number of carbonyl (C=O) groups is 2. The van der Waals surface area contributed by atoms with Gasteiger partial charge in [-0.25, -0.2) is 4.79 Å². The lowest BCUT2D eigenvalue weighted by Crippen LogP contribution is -2.50. The van der Waals surface area contributed by atoms with Crippen molar-refractivity contribution in [2.75, 3.05) is 31.7 Å². The molecule has 6 nitrogen and oxygen atoms in total. The van der Waals surface area contributed by atoms with E-state index in [0.717, 1.165) is 54.9 Å². The second-order valence-electron chi connectivity index (χ2n) is 10.9. The van der Waals surface area contributed by atoms with E-state index < -0.39 is 5.41 Å². The highest BCUT2D eigenvalue weighted by Gasteiger charge is 2.50. The Kier molecular flexibility index (Phi) is 8.68. The molecule has 0 aromatic heterocycles. The normalized spacial score (nSPS) is 21.6. The Morgan fingerprint density at radius 3 is 2.68 bits per heavy atom. The topological polar surface area (TPSA) is 65.1 Å². The molecule has 1 aliphatic carbocycles. The molecule has 0 radical (unpaired) electrons. The zero-order chi connectivity index (χ0) is 26.6. The Bertz CT molecular complexity index is 1130. The molecule has 0 saturated heterocycles. The lowest BCUT2D eigenvalue weighted by Gasteiger charge is -2.47. The number of halogens is 1. The summed E-state index contributed by atoms with van der Waals surface area (Å²) in [4.78, 5) is 27.7. The molecule has 0 spiro atoms. The van der Waals surface area contributed by atoms with E-state index >= 15 is 0 Å². The van der Waals surface area contributed by atoms with Crippen LogP contribution in [0.1, 0.15) is 67.9 Å². The number of esters is 2. The van der Waals surface area contributed by atoms with Crippen LogP contribution in [0.5, 0.6) is 5.75 Å². The number of methoxy groups -OCH3 is 1. The first kappa shape index (κ1) is 27.3. The van der Waals surface area contributed by atoms with E-state index in [0.29, 0.717) is 31.1 Å². The number of carbonyl (C=O) groups excluding carboxylic acids is 2. The zero-order valence-corrected chi connectivity index (χ0v) is 23.1. The summed E-state index contributed by atoms with van der Waals surface area (Å²) in [5.41, 5.74) is 3.17. The molecule has 1 saturated carbocycles. The van der Waals surface area contributed by atoms with Crippen molar-refractivity contribution in [3.05, 3.63) is 58.1 Å². The van der Waals surface area contributed by atoms with Crippen LogP contribution in [0.25, 0.3) is 0 Å². The lowest BCUT2D eigenvalue weighted by atomic mass is 9.61. The van der Waals surface area contributed by atoms with Crippen LogP contribution in [-0.2, 0) is 27.3 Å². The highest BCUT2D eigenvalue weighted by Crippen LogP contribution is 2.48. The monoisotopic (exact) mass is 527 g/mol. The number of fused-ring (bicyclic) bond motifs is 2. The second-order valence-corrected chi connectivity index (χ2v) is 11.4. The Morgan fingerprint density at radius 1 is 1.16 bits per heavy atom. The zero-order valence-electron chi connectivity index (χ0n) is 22.3. The molecule has 2 atom stereocenters. The average molecular weight is 528 g/mol. The van der Waals surface area contributed by atoms with E-state index in [1.54, 1.807) is 6.07 Å². The molecular weight excluding hydrogens is 490 g/mol. The summed E-state index contributed by atoms with van der Waals surface area (Å²) in [6.07, 6.45) is 4.64. The number of nitrogens with zero attached hydrogens (tertiary/aromatic N) is 1. The van der Waals surface area contributed by atoms with Crippen molar-refractivity contribution in [3.63, 3.8) is 0 Å². The molecule has 0 amide bonds. The highest BCUT2D eigenvalue weighted by molar-refractivity contribution is 6.30. The van der Waals surface area contributed by atoms with Gasteiger partial charge in [0.05, 0.1) is 30.4 Å². The van der Waals surface area contributed by atoms with Gasteiger partial charge in [-0.15, -0.1) is 0 Å². The Morgan fingerprint density at radius 2 is 1.97 bits per heavy atom. The molecule has 37 heavy (non-hydrogen) atoms. The highest BCUT2D eigenvalue weighted by atomic mass is 35.5. The largest absolute Gasteiger partial charge is 0.487 e. The maximum absolute atomic E-state index is 12.8. The van der Waals surface area contributed by atoms with E-state index in [2.05, 4.69) is 4.90 Å². The van der Waals surface area contributed by atoms with Gasteiger partial charge in [-0.2, -0.15) is 0 Å². The van der Waals surface area contributed by atoms with Crippen molar-refractivity contribution >= 4 is 29.2 Å². The molecule has 0 unspecified atom stereocenters. The van der Waals surface area contributed by atoms with Gasteiger partial charge in [0.25, 0.3) is 0 Å². The van der Waals surface area contributed by atoms with Crippen molar-refractivity contribution in [2.45, 2.75) is 59.5 Å². The van der Waals surface area contributed by atoms with Crippen LogP contribution in [0.4, 0.5) is 5.69 Å². The molecule has 7 heteroatoms. The van der Waals surface area contributed by atoms with Crippen molar-refractivity contribution in [3.8, 4) is 5.75 Å². The summed E-state index contributed by atoms with van der Waals surface area (Å²) in [6, 6.07) is 11.5. The van der Waals surface area contributed by atoms with Crippen LogP contribution in [0.15, 0.2) is 36.4 Å². The van der Waals surface area contributed by atoms with Gasteiger partial charge in [-0.3, -0.25) is 4.79 Å². The summed E-state index contributed by atoms with van der Waals surface area (Å²) in [5.74, 6) is 0.630. The van der Waals surface area contributed by atoms with E-state index in [9.17, 15) is 9.59 Å². The number of ether oxygens (including phenoxy) is 3. The number of hydrogen-bond donors (Lipinski definition) is 0. The molecule has 2 aromatic rings. The van der Waals surface area contributed by atoms with Crippen LogP contribution in [-0.4, -0.2) is 38.7 Å². The van der Waals surface area contributed by atoms with Crippen molar-refractivity contribution < 1.29 is 23.8 Å². The van der Waals surface area contributed by atoms with Crippen molar-refractivity contribution in [2.24, 2.45) is 17.3 Å². The minimum atomic E-state index is -0.497. The second kappa shape index (κ2) is 11.8. The van der Waals surface area contributed by atoms with Gasteiger partial charge in [-0.1, -0.05) is 31.5 Å². The van der Waals surface area contributed by atoms with Gasteiger partial charge in [0, 0.05) is 18.1 Å². The summed E-state index contributed by atoms with van der Waals surface area (Å²) >= 11 is 6.29. The van der Waals surface area contributed by atoms with E-state index in [4.69, 9.17) is 25.8 Å². The Balaban J connectivity index is 1.67. The SMILES string of the molecule is COC(=O)[C@]1(C)CC[C@H]1CN1CCCCc2cc(Cl)ccc2COc2ccc(C(=O)OCC(C)C)cc21. The first-order chi connectivity index (χ1) is 17.7.